The molecular weight excluding hydrogens is 214 g/mol. The molecule has 3 nitrogen and oxygen atoms in total. The number of rotatable bonds is 2. The van der Waals surface area contributed by atoms with Gasteiger partial charge in [-0.15, -0.1) is 0 Å². The summed E-state index contributed by atoms with van der Waals surface area (Å²) in [5.41, 5.74) is 4.19. The topological polar surface area (TPSA) is 32.8 Å². The fourth-order valence-corrected chi connectivity index (χ4v) is 2.60. The van der Waals surface area contributed by atoms with Gasteiger partial charge in [0.1, 0.15) is 0 Å². The highest BCUT2D eigenvalue weighted by Crippen LogP contribution is 2.25. The van der Waals surface area contributed by atoms with E-state index in [-0.39, 0.29) is 12.0 Å². The smallest absolute Gasteiger partial charge is 0.254 e. The Balaban J connectivity index is 1.83. The number of carbonyl (C=O) groups excluding carboxylic acids is 1. The Bertz CT molecular complexity index is 452. The maximum absolute atomic E-state index is 11.9. The van der Waals surface area contributed by atoms with Crippen molar-refractivity contribution in [1.82, 2.24) is 4.90 Å². The lowest BCUT2D eigenvalue weighted by Gasteiger charge is -2.29. The molecule has 3 rings (SSSR count). The molecule has 1 aromatic carbocycles. The van der Waals surface area contributed by atoms with Gasteiger partial charge in [0.25, 0.3) is 5.91 Å². The lowest BCUT2D eigenvalue weighted by Crippen LogP contribution is -2.38. The number of ether oxygens (including phenoxy) is 1. The molecule has 1 aromatic rings. The number of benzene rings is 1. The van der Waals surface area contributed by atoms with Gasteiger partial charge < -0.3 is 9.64 Å². The SMILES string of the molecule is CCc1cccc2c1CCN(C(=O)C1CO1)C2. The van der Waals surface area contributed by atoms with Crippen LogP contribution in [0, 0.1) is 0 Å². The number of epoxide rings is 1. The van der Waals surface area contributed by atoms with Gasteiger partial charge in [0.15, 0.2) is 6.10 Å². The summed E-state index contributed by atoms with van der Waals surface area (Å²) in [5.74, 6) is 0.164. The summed E-state index contributed by atoms with van der Waals surface area (Å²) >= 11 is 0. The third-order valence-corrected chi connectivity index (χ3v) is 3.66. The fraction of sp³-hybridized carbons (Fsp3) is 0.500. The summed E-state index contributed by atoms with van der Waals surface area (Å²) in [7, 11) is 0. The molecule has 0 aromatic heterocycles. The lowest BCUT2D eigenvalue weighted by atomic mass is 9.93. The molecule has 2 heterocycles. The minimum atomic E-state index is -0.147. The number of aryl methyl sites for hydroxylation is 1. The summed E-state index contributed by atoms with van der Waals surface area (Å²) in [5, 5.41) is 0. The van der Waals surface area contributed by atoms with Gasteiger partial charge in [-0.3, -0.25) is 4.79 Å². The van der Waals surface area contributed by atoms with Crippen molar-refractivity contribution in [2.45, 2.75) is 32.4 Å². The fourth-order valence-electron chi connectivity index (χ4n) is 2.60. The Morgan fingerprint density at radius 1 is 1.53 bits per heavy atom. The molecule has 1 fully saturated rings. The number of nitrogens with zero attached hydrogens (tertiary/aromatic N) is 1. The van der Waals surface area contributed by atoms with Crippen molar-refractivity contribution in [2.24, 2.45) is 0 Å². The van der Waals surface area contributed by atoms with Crippen LogP contribution < -0.4 is 0 Å². The van der Waals surface area contributed by atoms with Gasteiger partial charge in [0, 0.05) is 13.1 Å². The molecule has 1 unspecified atom stereocenters. The van der Waals surface area contributed by atoms with Gasteiger partial charge in [-0.1, -0.05) is 25.1 Å². The summed E-state index contributed by atoms with van der Waals surface area (Å²) < 4.78 is 5.07. The second kappa shape index (κ2) is 4.15. The maximum Gasteiger partial charge on any atom is 0.254 e. The van der Waals surface area contributed by atoms with Gasteiger partial charge in [-0.05, 0) is 29.5 Å². The molecule has 0 radical (unpaired) electrons. The van der Waals surface area contributed by atoms with Crippen LogP contribution in [0.4, 0.5) is 0 Å². The molecule has 0 spiro atoms. The minimum absolute atomic E-state index is 0.147. The van der Waals surface area contributed by atoms with E-state index in [1.165, 1.54) is 16.7 Å². The summed E-state index contributed by atoms with van der Waals surface area (Å²) in [6.07, 6.45) is 1.91. The summed E-state index contributed by atoms with van der Waals surface area (Å²) in [6, 6.07) is 6.43. The molecule has 1 atom stereocenters. The average molecular weight is 231 g/mol. The molecule has 2 aliphatic heterocycles. The standard InChI is InChI=1S/C14H17NO2/c1-2-10-4-3-5-11-8-15(7-6-12(10)11)14(16)13-9-17-13/h3-5,13H,2,6-9H2,1H3. The van der Waals surface area contributed by atoms with Crippen molar-refractivity contribution in [3.05, 3.63) is 34.9 Å². The average Bonchev–Trinajstić information content (AvgIpc) is 3.20. The van der Waals surface area contributed by atoms with E-state index in [0.29, 0.717) is 6.61 Å². The molecule has 0 aliphatic carbocycles. The van der Waals surface area contributed by atoms with Crippen LogP contribution in [-0.4, -0.2) is 30.1 Å². The van der Waals surface area contributed by atoms with Crippen molar-refractivity contribution in [1.29, 1.82) is 0 Å². The molecule has 2 aliphatic rings. The third-order valence-electron chi connectivity index (χ3n) is 3.66. The Hall–Kier alpha value is -1.35. The zero-order chi connectivity index (χ0) is 11.8. The van der Waals surface area contributed by atoms with E-state index in [1.54, 1.807) is 0 Å². The van der Waals surface area contributed by atoms with Crippen molar-refractivity contribution in [3.63, 3.8) is 0 Å². The van der Waals surface area contributed by atoms with E-state index < -0.39 is 0 Å². The predicted molar refractivity (Wildman–Crippen MR) is 64.7 cm³/mol. The molecule has 90 valence electrons. The zero-order valence-corrected chi connectivity index (χ0v) is 10.1. The van der Waals surface area contributed by atoms with Crippen LogP contribution in [0.2, 0.25) is 0 Å². The first-order valence-corrected chi connectivity index (χ1v) is 6.29. The molecular formula is C14H17NO2. The minimum Gasteiger partial charge on any atom is -0.363 e. The van der Waals surface area contributed by atoms with Gasteiger partial charge >= 0.3 is 0 Å². The molecule has 0 bridgehead atoms. The van der Waals surface area contributed by atoms with Gasteiger partial charge in [-0.25, -0.2) is 0 Å². The van der Waals surface area contributed by atoms with E-state index in [4.69, 9.17) is 4.74 Å². The molecule has 17 heavy (non-hydrogen) atoms. The van der Waals surface area contributed by atoms with Crippen LogP contribution in [0.25, 0.3) is 0 Å². The van der Waals surface area contributed by atoms with Gasteiger partial charge in [0.2, 0.25) is 0 Å². The van der Waals surface area contributed by atoms with Crippen molar-refractivity contribution < 1.29 is 9.53 Å². The van der Waals surface area contributed by atoms with Crippen LogP contribution >= 0.6 is 0 Å². The number of amides is 1. The first kappa shape index (κ1) is 10.8. The molecule has 3 heteroatoms. The van der Waals surface area contributed by atoms with E-state index >= 15 is 0 Å². The van der Waals surface area contributed by atoms with Crippen molar-refractivity contribution >= 4 is 5.91 Å². The second-order valence-electron chi connectivity index (χ2n) is 4.74. The normalized spacial score (nSPS) is 22.2. The molecule has 1 saturated heterocycles. The van der Waals surface area contributed by atoms with Crippen LogP contribution in [0.5, 0.6) is 0 Å². The number of fused-ring (bicyclic) bond motifs is 1. The Labute approximate surface area is 101 Å². The number of carbonyl (C=O) groups is 1. The Morgan fingerprint density at radius 2 is 2.35 bits per heavy atom. The van der Waals surface area contributed by atoms with E-state index in [9.17, 15) is 4.79 Å². The van der Waals surface area contributed by atoms with Crippen LogP contribution in [-0.2, 0) is 28.9 Å². The Morgan fingerprint density at radius 3 is 3.06 bits per heavy atom. The van der Waals surface area contributed by atoms with Crippen LogP contribution in [0.3, 0.4) is 0 Å². The monoisotopic (exact) mass is 231 g/mol. The molecule has 1 amide bonds. The van der Waals surface area contributed by atoms with E-state index in [0.717, 1.165) is 25.9 Å². The lowest BCUT2D eigenvalue weighted by molar-refractivity contribution is -0.133. The van der Waals surface area contributed by atoms with E-state index in [1.807, 2.05) is 4.90 Å². The molecule has 0 saturated carbocycles. The van der Waals surface area contributed by atoms with Crippen LogP contribution in [0.15, 0.2) is 18.2 Å². The summed E-state index contributed by atoms with van der Waals surface area (Å²) in [6.45, 7) is 4.38. The van der Waals surface area contributed by atoms with Gasteiger partial charge in [-0.2, -0.15) is 0 Å². The number of hydrogen-bond donors (Lipinski definition) is 0. The van der Waals surface area contributed by atoms with Crippen molar-refractivity contribution in [3.8, 4) is 0 Å². The first-order valence-electron chi connectivity index (χ1n) is 6.29. The highest BCUT2D eigenvalue weighted by molar-refractivity contribution is 5.83. The quantitative estimate of drug-likeness (QED) is 0.723. The predicted octanol–water partition coefficient (Wildman–Crippen LogP) is 1.53. The second-order valence-corrected chi connectivity index (χ2v) is 4.74. The van der Waals surface area contributed by atoms with E-state index in [2.05, 4.69) is 25.1 Å². The Kier molecular flexibility index (Phi) is 2.63. The molecule has 0 N–H and O–H groups in total. The highest BCUT2D eigenvalue weighted by atomic mass is 16.6. The highest BCUT2D eigenvalue weighted by Gasteiger charge is 2.36. The maximum atomic E-state index is 11.9. The number of hydrogen-bond acceptors (Lipinski definition) is 2. The zero-order valence-electron chi connectivity index (χ0n) is 10.1. The summed E-state index contributed by atoms with van der Waals surface area (Å²) in [4.78, 5) is 13.9. The van der Waals surface area contributed by atoms with Crippen molar-refractivity contribution in [2.75, 3.05) is 13.2 Å². The first-order chi connectivity index (χ1) is 8.29. The largest absolute Gasteiger partial charge is 0.363 e. The van der Waals surface area contributed by atoms with Gasteiger partial charge in [0.05, 0.1) is 6.61 Å². The van der Waals surface area contributed by atoms with Crippen LogP contribution in [0.1, 0.15) is 23.6 Å². The third kappa shape index (κ3) is 1.95.